The number of piperidine rings is 1. The molecule has 0 atom stereocenters. The molecule has 1 saturated heterocycles. The maximum Gasteiger partial charge on any atom is 0.223 e. The molecular weight excluding hydrogens is 308 g/mol. The van der Waals surface area contributed by atoms with Crippen molar-refractivity contribution in [2.24, 2.45) is 5.92 Å². The molecule has 23 heavy (non-hydrogen) atoms. The number of nitrogens with one attached hydrogen (secondary N) is 1. The molecule has 0 aliphatic carbocycles. The molecule has 0 spiro atoms. The first-order valence-corrected chi connectivity index (χ1v) is 8.57. The predicted octanol–water partition coefficient (Wildman–Crippen LogP) is 3.62. The predicted molar refractivity (Wildman–Crippen MR) is 99.2 cm³/mol. The maximum absolute atomic E-state index is 12.6. The van der Waals surface area contributed by atoms with Gasteiger partial charge in [0.25, 0.3) is 0 Å². The lowest BCUT2D eigenvalue weighted by Crippen LogP contribution is -2.42. The van der Waals surface area contributed by atoms with Crippen LogP contribution in [0, 0.1) is 5.92 Å². The van der Waals surface area contributed by atoms with Crippen LogP contribution in [0.1, 0.15) is 45.6 Å². The second-order valence-corrected chi connectivity index (χ2v) is 7.06. The van der Waals surface area contributed by atoms with Crippen molar-refractivity contribution in [3.63, 3.8) is 0 Å². The van der Waals surface area contributed by atoms with Crippen LogP contribution in [0.5, 0.6) is 0 Å². The third-order valence-electron chi connectivity index (χ3n) is 4.80. The summed E-state index contributed by atoms with van der Waals surface area (Å²) in [5.41, 5.74) is 1.14. The van der Waals surface area contributed by atoms with Gasteiger partial charge in [0.05, 0.1) is 0 Å². The number of hydrogen-bond donors (Lipinski definition) is 1. The van der Waals surface area contributed by atoms with E-state index in [1.807, 2.05) is 18.2 Å². The standard InChI is InChI=1S/C19H30N2O.ClH/c1-4-20-15-16-10-12-21(13-11-16)18(22)14-19(2,3)17-8-6-5-7-9-17;/h5-9,16,20H,4,10-15H2,1-3H3;1H. The van der Waals surface area contributed by atoms with Gasteiger partial charge < -0.3 is 10.2 Å². The number of nitrogens with zero attached hydrogens (tertiary/aromatic N) is 1. The number of carbonyl (C=O) groups is 1. The van der Waals surface area contributed by atoms with Gasteiger partial charge in [-0.2, -0.15) is 0 Å². The topological polar surface area (TPSA) is 32.3 Å². The SMILES string of the molecule is CCNCC1CCN(C(=O)CC(C)(C)c2ccccc2)CC1.Cl. The Kier molecular flexibility index (Phi) is 8.07. The highest BCUT2D eigenvalue weighted by Gasteiger charge is 2.29. The number of halogens is 1. The van der Waals surface area contributed by atoms with Crippen molar-refractivity contribution >= 4 is 18.3 Å². The summed E-state index contributed by atoms with van der Waals surface area (Å²) >= 11 is 0. The van der Waals surface area contributed by atoms with Gasteiger partial charge in [0.15, 0.2) is 0 Å². The van der Waals surface area contributed by atoms with Crippen LogP contribution >= 0.6 is 12.4 Å². The highest BCUT2D eigenvalue weighted by Crippen LogP contribution is 2.28. The Morgan fingerprint density at radius 1 is 1.22 bits per heavy atom. The lowest BCUT2D eigenvalue weighted by atomic mass is 9.81. The van der Waals surface area contributed by atoms with Crippen LogP contribution in [-0.4, -0.2) is 37.0 Å². The first-order chi connectivity index (χ1) is 10.5. The van der Waals surface area contributed by atoms with Gasteiger partial charge >= 0.3 is 0 Å². The summed E-state index contributed by atoms with van der Waals surface area (Å²) in [4.78, 5) is 14.7. The van der Waals surface area contributed by atoms with Crippen LogP contribution in [0.4, 0.5) is 0 Å². The first-order valence-electron chi connectivity index (χ1n) is 8.57. The lowest BCUT2D eigenvalue weighted by Gasteiger charge is -2.34. The van der Waals surface area contributed by atoms with Crippen molar-refractivity contribution in [2.45, 2.75) is 45.4 Å². The van der Waals surface area contributed by atoms with Crippen molar-refractivity contribution in [1.82, 2.24) is 10.2 Å². The fourth-order valence-corrected chi connectivity index (χ4v) is 3.22. The second-order valence-electron chi connectivity index (χ2n) is 7.06. The van der Waals surface area contributed by atoms with Crippen molar-refractivity contribution in [3.05, 3.63) is 35.9 Å². The van der Waals surface area contributed by atoms with E-state index in [1.165, 1.54) is 5.56 Å². The second kappa shape index (κ2) is 9.29. The molecule has 1 amide bonds. The van der Waals surface area contributed by atoms with Gasteiger partial charge in [-0.3, -0.25) is 4.79 Å². The molecule has 1 aliphatic heterocycles. The van der Waals surface area contributed by atoms with E-state index in [9.17, 15) is 4.79 Å². The zero-order chi connectivity index (χ0) is 16.0. The first kappa shape index (κ1) is 20.0. The van der Waals surface area contributed by atoms with Gasteiger partial charge in [-0.25, -0.2) is 0 Å². The van der Waals surface area contributed by atoms with E-state index in [0.717, 1.165) is 44.9 Å². The van der Waals surface area contributed by atoms with Crippen LogP contribution in [0.15, 0.2) is 30.3 Å². The molecule has 2 rings (SSSR count). The summed E-state index contributed by atoms with van der Waals surface area (Å²) < 4.78 is 0. The molecule has 1 N–H and O–H groups in total. The number of benzene rings is 1. The van der Waals surface area contributed by atoms with E-state index < -0.39 is 0 Å². The van der Waals surface area contributed by atoms with Crippen molar-refractivity contribution < 1.29 is 4.79 Å². The molecule has 1 aromatic rings. The van der Waals surface area contributed by atoms with E-state index in [2.05, 4.69) is 43.1 Å². The fourth-order valence-electron chi connectivity index (χ4n) is 3.22. The third-order valence-corrected chi connectivity index (χ3v) is 4.80. The van der Waals surface area contributed by atoms with Gasteiger partial charge in [-0.15, -0.1) is 12.4 Å². The summed E-state index contributed by atoms with van der Waals surface area (Å²) in [6.07, 6.45) is 2.85. The number of carbonyl (C=O) groups excluding carboxylic acids is 1. The zero-order valence-corrected chi connectivity index (χ0v) is 15.5. The van der Waals surface area contributed by atoms with Gasteiger partial charge in [-0.05, 0) is 42.8 Å². The lowest BCUT2D eigenvalue weighted by molar-refractivity contribution is -0.133. The van der Waals surface area contributed by atoms with Crippen molar-refractivity contribution in [1.29, 1.82) is 0 Å². The molecule has 0 bridgehead atoms. The summed E-state index contributed by atoms with van der Waals surface area (Å²) in [7, 11) is 0. The molecule has 130 valence electrons. The van der Waals surface area contributed by atoms with E-state index in [1.54, 1.807) is 0 Å². The normalized spacial score (nSPS) is 16.0. The quantitative estimate of drug-likeness (QED) is 0.859. The average Bonchev–Trinajstić information content (AvgIpc) is 2.54. The van der Waals surface area contributed by atoms with Crippen molar-refractivity contribution in [2.75, 3.05) is 26.2 Å². The fraction of sp³-hybridized carbons (Fsp3) is 0.632. The molecular formula is C19H31ClN2O. The molecule has 0 saturated carbocycles. The summed E-state index contributed by atoms with van der Waals surface area (Å²) in [6, 6.07) is 10.4. The molecule has 0 unspecified atom stereocenters. The number of rotatable bonds is 6. The van der Waals surface area contributed by atoms with Crippen LogP contribution in [-0.2, 0) is 10.2 Å². The van der Waals surface area contributed by atoms with Crippen LogP contribution in [0.25, 0.3) is 0 Å². The van der Waals surface area contributed by atoms with Crippen molar-refractivity contribution in [3.8, 4) is 0 Å². The van der Waals surface area contributed by atoms with Gasteiger partial charge in [0.2, 0.25) is 5.91 Å². The summed E-state index contributed by atoms with van der Waals surface area (Å²) in [5.74, 6) is 1.03. The number of amides is 1. The Labute approximate surface area is 147 Å². The molecule has 1 aromatic carbocycles. The average molecular weight is 339 g/mol. The molecule has 0 aromatic heterocycles. The molecule has 1 heterocycles. The Hall–Kier alpha value is -1.06. The summed E-state index contributed by atoms with van der Waals surface area (Å²) in [5, 5.41) is 3.42. The molecule has 0 radical (unpaired) electrons. The maximum atomic E-state index is 12.6. The van der Waals surface area contributed by atoms with Gasteiger partial charge in [0, 0.05) is 19.5 Å². The number of hydrogen-bond acceptors (Lipinski definition) is 2. The Morgan fingerprint density at radius 2 is 1.83 bits per heavy atom. The minimum Gasteiger partial charge on any atom is -0.343 e. The van der Waals surface area contributed by atoms with E-state index in [4.69, 9.17) is 0 Å². The van der Waals surface area contributed by atoms with Gasteiger partial charge in [0.1, 0.15) is 0 Å². The largest absolute Gasteiger partial charge is 0.343 e. The zero-order valence-electron chi connectivity index (χ0n) is 14.7. The minimum atomic E-state index is -0.0983. The summed E-state index contributed by atoms with van der Waals surface area (Å²) in [6.45, 7) is 10.4. The highest BCUT2D eigenvalue weighted by atomic mass is 35.5. The highest BCUT2D eigenvalue weighted by molar-refractivity contribution is 5.85. The van der Waals surface area contributed by atoms with Crippen LogP contribution in [0.2, 0.25) is 0 Å². The minimum absolute atomic E-state index is 0. The molecule has 1 fully saturated rings. The van der Waals surface area contributed by atoms with E-state index in [-0.39, 0.29) is 17.8 Å². The third kappa shape index (κ3) is 5.82. The van der Waals surface area contributed by atoms with E-state index in [0.29, 0.717) is 12.3 Å². The Bertz CT molecular complexity index is 468. The smallest absolute Gasteiger partial charge is 0.223 e. The van der Waals surface area contributed by atoms with Crippen LogP contribution in [0.3, 0.4) is 0 Å². The van der Waals surface area contributed by atoms with Gasteiger partial charge in [-0.1, -0.05) is 51.1 Å². The monoisotopic (exact) mass is 338 g/mol. The molecule has 4 heteroatoms. The molecule has 3 nitrogen and oxygen atoms in total. The molecule has 1 aliphatic rings. The van der Waals surface area contributed by atoms with E-state index >= 15 is 0 Å². The Balaban J connectivity index is 0.00000264. The van der Waals surface area contributed by atoms with Crippen LogP contribution < -0.4 is 5.32 Å². The Morgan fingerprint density at radius 3 is 2.39 bits per heavy atom. The number of likely N-dealkylation sites (tertiary alicyclic amines) is 1.